The lowest BCUT2D eigenvalue weighted by atomic mass is 9.74. The molecule has 4 heteroatoms. The summed E-state index contributed by atoms with van der Waals surface area (Å²) >= 11 is 0. The van der Waals surface area contributed by atoms with Crippen LogP contribution in [0.3, 0.4) is 0 Å². The third kappa shape index (κ3) is 4.28. The molecule has 2 aromatic rings. The van der Waals surface area contributed by atoms with Gasteiger partial charge in [-0.3, -0.25) is 0 Å². The number of hydrogen-bond donors (Lipinski definition) is 1. The van der Waals surface area contributed by atoms with E-state index >= 15 is 0 Å². The van der Waals surface area contributed by atoms with Crippen LogP contribution in [0.15, 0.2) is 42.5 Å². The second kappa shape index (κ2) is 9.07. The van der Waals surface area contributed by atoms with Crippen LogP contribution < -0.4 is 4.74 Å². The van der Waals surface area contributed by atoms with E-state index in [1.807, 2.05) is 24.3 Å². The number of carboxylic acid groups (broad SMARTS) is 1. The molecule has 0 saturated carbocycles. The largest absolute Gasteiger partial charge is 0.493 e. The van der Waals surface area contributed by atoms with E-state index in [1.165, 1.54) is 5.56 Å². The first-order valence-corrected chi connectivity index (χ1v) is 9.86. The van der Waals surface area contributed by atoms with Gasteiger partial charge >= 0.3 is 5.97 Å². The number of methoxy groups -OCH3 is 1. The van der Waals surface area contributed by atoms with Crippen molar-refractivity contribution in [1.29, 1.82) is 0 Å². The normalized spacial score (nSPS) is 19.1. The first-order valence-electron chi connectivity index (χ1n) is 9.86. The Kier molecular flexibility index (Phi) is 6.53. The van der Waals surface area contributed by atoms with E-state index in [4.69, 9.17) is 9.47 Å². The van der Waals surface area contributed by atoms with Crippen LogP contribution in [0.25, 0.3) is 12.2 Å². The third-order valence-corrected chi connectivity index (χ3v) is 5.43. The minimum absolute atomic E-state index is 0.00646. The van der Waals surface area contributed by atoms with Crippen LogP contribution in [0.2, 0.25) is 0 Å². The van der Waals surface area contributed by atoms with E-state index in [2.05, 4.69) is 25.1 Å². The first kappa shape index (κ1) is 20.2. The van der Waals surface area contributed by atoms with Crippen molar-refractivity contribution in [3.8, 4) is 5.75 Å². The molecule has 1 atom stereocenters. The van der Waals surface area contributed by atoms with Gasteiger partial charge in [0.05, 0.1) is 18.8 Å². The topological polar surface area (TPSA) is 55.8 Å². The van der Waals surface area contributed by atoms with Crippen molar-refractivity contribution >= 4 is 18.1 Å². The first-order chi connectivity index (χ1) is 13.6. The smallest absolute Gasteiger partial charge is 0.336 e. The summed E-state index contributed by atoms with van der Waals surface area (Å²) in [6.07, 6.45) is 8.01. The number of ether oxygens (including phenoxy) is 2. The monoisotopic (exact) mass is 380 g/mol. The molecule has 0 bridgehead atoms. The molecule has 28 heavy (non-hydrogen) atoms. The SMILES string of the molecule is CCCC1(COC)CCCOc2cc(/C=C/c3ccccc3C(=O)O)ccc21. The minimum Gasteiger partial charge on any atom is -0.493 e. The molecular weight excluding hydrogens is 352 g/mol. The van der Waals surface area contributed by atoms with E-state index in [-0.39, 0.29) is 5.41 Å². The predicted molar refractivity (Wildman–Crippen MR) is 112 cm³/mol. The highest BCUT2D eigenvalue weighted by Gasteiger charge is 2.35. The van der Waals surface area contributed by atoms with Gasteiger partial charge in [-0.2, -0.15) is 0 Å². The van der Waals surface area contributed by atoms with Gasteiger partial charge in [-0.25, -0.2) is 4.79 Å². The Bertz CT molecular complexity index is 847. The van der Waals surface area contributed by atoms with Crippen molar-refractivity contribution in [2.45, 2.75) is 38.0 Å². The molecule has 0 spiro atoms. The van der Waals surface area contributed by atoms with Crippen LogP contribution in [-0.2, 0) is 10.2 Å². The van der Waals surface area contributed by atoms with Crippen LogP contribution in [-0.4, -0.2) is 31.4 Å². The molecule has 0 amide bonds. The Hall–Kier alpha value is -2.59. The van der Waals surface area contributed by atoms with Gasteiger partial charge in [0.1, 0.15) is 5.75 Å². The lowest BCUT2D eigenvalue weighted by Gasteiger charge is -2.33. The van der Waals surface area contributed by atoms with Crippen molar-refractivity contribution < 1.29 is 19.4 Å². The molecule has 1 aliphatic heterocycles. The Morgan fingerprint density at radius 1 is 1.25 bits per heavy atom. The number of carbonyl (C=O) groups is 1. The zero-order valence-corrected chi connectivity index (χ0v) is 16.6. The highest BCUT2D eigenvalue weighted by atomic mass is 16.5. The number of fused-ring (bicyclic) bond motifs is 1. The van der Waals surface area contributed by atoms with Crippen molar-refractivity contribution in [2.75, 3.05) is 20.3 Å². The predicted octanol–water partition coefficient (Wildman–Crippen LogP) is 5.41. The zero-order chi connectivity index (χ0) is 20.0. The quantitative estimate of drug-likeness (QED) is 0.652. The Morgan fingerprint density at radius 2 is 2.07 bits per heavy atom. The molecule has 4 nitrogen and oxygen atoms in total. The number of hydrogen-bond acceptors (Lipinski definition) is 3. The second-order valence-corrected chi connectivity index (χ2v) is 7.40. The van der Waals surface area contributed by atoms with E-state index in [0.717, 1.165) is 37.0 Å². The molecule has 1 N–H and O–H groups in total. The number of carboxylic acids is 1. The molecule has 3 rings (SSSR count). The average Bonchev–Trinajstić information content (AvgIpc) is 2.86. The van der Waals surface area contributed by atoms with Crippen LogP contribution >= 0.6 is 0 Å². The fourth-order valence-electron chi connectivity index (χ4n) is 4.19. The van der Waals surface area contributed by atoms with Gasteiger partial charge in [-0.1, -0.05) is 55.8 Å². The van der Waals surface area contributed by atoms with Crippen molar-refractivity contribution in [3.05, 3.63) is 64.7 Å². The van der Waals surface area contributed by atoms with Crippen LogP contribution in [0, 0.1) is 0 Å². The highest BCUT2D eigenvalue weighted by molar-refractivity contribution is 5.93. The summed E-state index contributed by atoms with van der Waals surface area (Å²) in [5, 5.41) is 9.35. The van der Waals surface area contributed by atoms with Crippen molar-refractivity contribution in [2.24, 2.45) is 0 Å². The standard InChI is InChI=1S/C24H28O4/c1-3-13-24(17-27-2)14-6-15-28-22-16-18(10-12-21(22)24)9-11-19-7-4-5-8-20(19)23(25)26/h4-5,7-12,16H,3,6,13-15,17H2,1-2H3,(H,25,26)/b11-9+. The van der Waals surface area contributed by atoms with Gasteiger partial charge in [-0.15, -0.1) is 0 Å². The highest BCUT2D eigenvalue weighted by Crippen LogP contribution is 2.42. The summed E-state index contributed by atoms with van der Waals surface area (Å²) in [7, 11) is 1.76. The molecule has 1 unspecified atom stereocenters. The van der Waals surface area contributed by atoms with Gasteiger partial charge in [-0.05, 0) is 42.5 Å². The summed E-state index contributed by atoms with van der Waals surface area (Å²) in [5.41, 5.74) is 3.19. The lowest BCUT2D eigenvalue weighted by Crippen LogP contribution is -2.31. The van der Waals surface area contributed by atoms with E-state index in [1.54, 1.807) is 19.2 Å². The van der Waals surface area contributed by atoms with Gasteiger partial charge < -0.3 is 14.6 Å². The van der Waals surface area contributed by atoms with Gasteiger partial charge in [0.25, 0.3) is 0 Å². The Balaban J connectivity index is 1.95. The third-order valence-electron chi connectivity index (χ3n) is 5.43. The summed E-state index contributed by atoms with van der Waals surface area (Å²) in [4.78, 5) is 11.4. The zero-order valence-electron chi connectivity index (χ0n) is 16.6. The molecule has 0 aliphatic carbocycles. The molecule has 0 fully saturated rings. The summed E-state index contributed by atoms with van der Waals surface area (Å²) in [6, 6.07) is 13.3. The molecule has 2 aromatic carbocycles. The summed E-state index contributed by atoms with van der Waals surface area (Å²) in [6.45, 7) is 3.61. The fraction of sp³-hybridized carbons (Fsp3) is 0.375. The average molecular weight is 380 g/mol. The van der Waals surface area contributed by atoms with Crippen molar-refractivity contribution in [3.63, 3.8) is 0 Å². The molecule has 0 radical (unpaired) electrons. The van der Waals surface area contributed by atoms with Gasteiger partial charge in [0.15, 0.2) is 0 Å². The van der Waals surface area contributed by atoms with Crippen LogP contribution in [0.4, 0.5) is 0 Å². The number of rotatable bonds is 7. The van der Waals surface area contributed by atoms with Crippen molar-refractivity contribution in [1.82, 2.24) is 0 Å². The Labute approximate surface area is 166 Å². The molecule has 1 aliphatic rings. The van der Waals surface area contributed by atoms with Crippen LogP contribution in [0.5, 0.6) is 5.75 Å². The lowest BCUT2D eigenvalue weighted by molar-refractivity contribution is 0.0696. The van der Waals surface area contributed by atoms with Crippen LogP contribution in [0.1, 0.15) is 59.7 Å². The number of benzene rings is 2. The number of aromatic carboxylic acids is 1. The summed E-state index contributed by atoms with van der Waals surface area (Å²) < 4.78 is 11.7. The maximum atomic E-state index is 11.4. The van der Waals surface area contributed by atoms with E-state index < -0.39 is 5.97 Å². The van der Waals surface area contributed by atoms with Gasteiger partial charge in [0, 0.05) is 18.1 Å². The molecular formula is C24H28O4. The maximum absolute atomic E-state index is 11.4. The Morgan fingerprint density at radius 3 is 2.82 bits per heavy atom. The van der Waals surface area contributed by atoms with E-state index in [0.29, 0.717) is 24.3 Å². The maximum Gasteiger partial charge on any atom is 0.336 e. The molecule has 0 aromatic heterocycles. The van der Waals surface area contributed by atoms with E-state index in [9.17, 15) is 9.90 Å². The fourth-order valence-corrected chi connectivity index (χ4v) is 4.19. The summed E-state index contributed by atoms with van der Waals surface area (Å²) in [5.74, 6) is -0.00824. The molecule has 0 saturated heterocycles. The minimum atomic E-state index is -0.922. The molecule has 1 heterocycles. The second-order valence-electron chi connectivity index (χ2n) is 7.40. The van der Waals surface area contributed by atoms with Gasteiger partial charge in [0.2, 0.25) is 0 Å². The molecule has 148 valence electrons.